The van der Waals surface area contributed by atoms with Crippen molar-refractivity contribution in [3.8, 4) is 0 Å². The molecule has 1 aromatic rings. The van der Waals surface area contributed by atoms with Gasteiger partial charge in [0.1, 0.15) is 5.76 Å². The molecule has 0 saturated carbocycles. The highest BCUT2D eigenvalue weighted by molar-refractivity contribution is 5.93. The van der Waals surface area contributed by atoms with Gasteiger partial charge in [-0.2, -0.15) is 0 Å². The summed E-state index contributed by atoms with van der Waals surface area (Å²) in [6.07, 6.45) is 7.77. The molecule has 0 fully saturated rings. The van der Waals surface area contributed by atoms with E-state index in [1.165, 1.54) is 19.3 Å². The van der Waals surface area contributed by atoms with E-state index in [-0.39, 0.29) is 17.4 Å². The summed E-state index contributed by atoms with van der Waals surface area (Å²) in [6, 6.07) is 0.128. The van der Waals surface area contributed by atoms with Crippen LogP contribution >= 0.6 is 0 Å². The Morgan fingerprint density at radius 3 is 2.35 bits per heavy atom. The monoisotopic (exact) mass is 322 g/mol. The van der Waals surface area contributed by atoms with Gasteiger partial charge in [0, 0.05) is 18.0 Å². The average Bonchev–Trinajstić information content (AvgIpc) is 2.92. The van der Waals surface area contributed by atoms with Crippen molar-refractivity contribution in [3.05, 3.63) is 17.0 Å². The number of amides is 1. The van der Waals surface area contributed by atoms with Gasteiger partial charge in [0.05, 0.1) is 0 Å². The van der Waals surface area contributed by atoms with Crippen molar-refractivity contribution in [2.45, 2.75) is 92.5 Å². The molecule has 1 N–H and O–H groups in total. The lowest BCUT2D eigenvalue weighted by Gasteiger charge is -2.38. The molecule has 0 aliphatic heterocycles. The zero-order chi connectivity index (χ0) is 17.5. The number of aromatic nitrogens is 1. The highest BCUT2D eigenvalue weighted by atomic mass is 16.5. The zero-order valence-corrected chi connectivity index (χ0v) is 15.8. The smallest absolute Gasteiger partial charge is 0.273 e. The summed E-state index contributed by atoms with van der Waals surface area (Å²) in [6.45, 7) is 12.7. The Balaban J connectivity index is 2.82. The van der Waals surface area contributed by atoms with Gasteiger partial charge in [0.15, 0.2) is 5.69 Å². The first-order chi connectivity index (χ1) is 11.0. The van der Waals surface area contributed by atoms with Crippen LogP contribution in [0.2, 0.25) is 0 Å². The molecule has 1 amide bonds. The Morgan fingerprint density at radius 1 is 1.22 bits per heavy atom. The molecule has 4 heteroatoms. The summed E-state index contributed by atoms with van der Waals surface area (Å²) < 4.78 is 5.25. The van der Waals surface area contributed by atoms with Crippen LogP contribution in [-0.2, 0) is 6.42 Å². The molecule has 23 heavy (non-hydrogen) atoms. The standard InChI is InChI=1S/C19H34N2O2/c1-7-11-12-13-19(9-3,10-4)15(6)20-18(22)17-14(5)16(8-2)23-21-17/h15H,7-13H2,1-6H3,(H,20,22). The maximum atomic E-state index is 12.6. The average molecular weight is 322 g/mol. The first kappa shape index (κ1) is 19.7. The van der Waals surface area contributed by atoms with Crippen molar-refractivity contribution in [3.63, 3.8) is 0 Å². The minimum absolute atomic E-state index is 0.111. The summed E-state index contributed by atoms with van der Waals surface area (Å²) in [5, 5.41) is 7.14. The lowest BCUT2D eigenvalue weighted by molar-refractivity contribution is 0.0850. The number of hydrogen-bond donors (Lipinski definition) is 1. The number of aryl methyl sites for hydroxylation is 1. The number of rotatable bonds is 10. The van der Waals surface area contributed by atoms with Crippen LogP contribution in [0.25, 0.3) is 0 Å². The fourth-order valence-corrected chi connectivity index (χ4v) is 3.49. The first-order valence-electron chi connectivity index (χ1n) is 9.21. The van der Waals surface area contributed by atoms with Gasteiger partial charge in [0.25, 0.3) is 5.91 Å². The molecule has 0 spiro atoms. The Labute approximate surface area is 141 Å². The van der Waals surface area contributed by atoms with E-state index in [1.54, 1.807) is 0 Å². The van der Waals surface area contributed by atoms with Crippen molar-refractivity contribution in [2.24, 2.45) is 5.41 Å². The van der Waals surface area contributed by atoms with Gasteiger partial charge in [-0.05, 0) is 38.5 Å². The first-order valence-corrected chi connectivity index (χ1v) is 9.21. The highest BCUT2D eigenvalue weighted by Gasteiger charge is 2.34. The van der Waals surface area contributed by atoms with Gasteiger partial charge in [-0.3, -0.25) is 4.79 Å². The van der Waals surface area contributed by atoms with Crippen LogP contribution in [0.15, 0.2) is 4.52 Å². The van der Waals surface area contributed by atoms with Gasteiger partial charge in [-0.1, -0.05) is 52.1 Å². The molecule has 1 atom stereocenters. The van der Waals surface area contributed by atoms with Crippen LogP contribution < -0.4 is 5.32 Å². The van der Waals surface area contributed by atoms with Gasteiger partial charge in [0.2, 0.25) is 0 Å². The molecule has 4 nitrogen and oxygen atoms in total. The van der Waals surface area contributed by atoms with Crippen LogP contribution in [-0.4, -0.2) is 17.1 Å². The largest absolute Gasteiger partial charge is 0.360 e. The van der Waals surface area contributed by atoms with E-state index in [9.17, 15) is 4.79 Å². The van der Waals surface area contributed by atoms with E-state index in [2.05, 4.69) is 38.2 Å². The summed E-state index contributed by atoms with van der Waals surface area (Å²) in [5.74, 6) is 0.684. The highest BCUT2D eigenvalue weighted by Crippen LogP contribution is 2.36. The SMILES string of the molecule is CCCCCC(CC)(CC)C(C)NC(=O)c1noc(CC)c1C. The van der Waals surface area contributed by atoms with E-state index in [0.717, 1.165) is 37.0 Å². The van der Waals surface area contributed by atoms with Crippen LogP contribution in [0.5, 0.6) is 0 Å². The summed E-state index contributed by atoms with van der Waals surface area (Å²) in [4.78, 5) is 12.6. The van der Waals surface area contributed by atoms with Gasteiger partial charge in [-0.25, -0.2) is 0 Å². The van der Waals surface area contributed by atoms with E-state index >= 15 is 0 Å². The Hall–Kier alpha value is -1.32. The van der Waals surface area contributed by atoms with E-state index < -0.39 is 0 Å². The van der Waals surface area contributed by atoms with Crippen molar-refractivity contribution in [2.75, 3.05) is 0 Å². The molecule has 1 aromatic heterocycles. The third-order valence-corrected chi connectivity index (χ3v) is 5.51. The number of carbonyl (C=O) groups excluding carboxylic acids is 1. The molecule has 1 heterocycles. The van der Waals surface area contributed by atoms with Crippen LogP contribution in [0.4, 0.5) is 0 Å². The molecule has 132 valence electrons. The molecule has 0 radical (unpaired) electrons. The molecule has 0 aliphatic rings. The molecule has 0 bridgehead atoms. The third kappa shape index (κ3) is 4.58. The van der Waals surface area contributed by atoms with E-state index in [0.29, 0.717) is 5.69 Å². The summed E-state index contributed by atoms with van der Waals surface area (Å²) in [5.41, 5.74) is 1.46. The fourth-order valence-electron chi connectivity index (χ4n) is 3.49. The molecular formula is C19H34N2O2. The summed E-state index contributed by atoms with van der Waals surface area (Å²) in [7, 11) is 0. The molecule has 0 saturated heterocycles. The van der Waals surface area contributed by atoms with Gasteiger partial charge >= 0.3 is 0 Å². The second kappa shape index (κ2) is 9.09. The molecule has 0 aromatic carbocycles. The van der Waals surface area contributed by atoms with Crippen molar-refractivity contribution < 1.29 is 9.32 Å². The number of nitrogens with zero attached hydrogens (tertiary/aromatic N) is 1. The number of hydrogen-bond acceptors (Lipinski definition) is 3. The summed E-state index contributed by atoms with van der Waals surface area (Å²) >= 11 is 0. The number of carbonyl (C=O) groups is 1. The molecule has 0 aliphatic carbocycles. The fraction of sp³-hybridized carbons (Fsp3) is 0.789. The molecule has 1 unspecified atom stereocenters. The Kier molecular flexibility index (Phi) is 7.80. The van der Waals surface area contributed by atoms with E-state index in [1.807, 2.05) is 13.8 Å². The number of unbranched alkanes of at least 4 members (excludes halogenated alkanes) is 2. The van der Waals surface area contributed by atoms with E-state index in [4.69, 9.17) is 4.52 Å². The Bertz CT molecular complexity index is 490. The predicted octanol–water partition coefficient (Wildman–Crippen LogP) is 5.05. The second-order valence-corrected chi connectivity index (χ2v) is 6.65. The van der Waals surface area contributed by atoms with Gasteiger partial charge in [-0.15, -0.1) is 0 Å². The predicted molar refractivity (Wildman–Crippen MR) is 94.7 cm³/mol. The van der Waals surface area contributed by atoms with Crippen molar-refractivity contribution in [1.29, 1.82) is 0 Å². The van der Waals surface area contributed by atoms with Crippen molar-refractivity contribution >= 4 is 5.91 Å². The minimum Gasteiger partial charge on any atom is -0.360 e. The quantitative estimate of drug-likeness (QED) is 0.613. The lowest BCUT2D eigenvalue weighted by Crippen LogP contribution is -2.45. The number of nitrogens with one attached hydrogen (secondary N) is 1. The maximum Gasteiger partial charge on any atom is 0.273 e. The normalized spacial score (nSPS) is 13.1. The van der Waals surface area contributed by atoms with Crippen LogP contribution in [0, 0.1) is 12.3 Å². The second-order valence-electron chi connectivity index (χ2n) is 6.65. The Morgan fingerprint density at radius 2 is 1.87 bits per heavy atom. The molecule has 1 rings (SSSR count). The third-order valence-electron chi connectivity index (χ3n) is 5.51. The topological polar surface area (TPSA) is 55.1 Å². The van der Waals surface area contributed by atoms with Gasteiger partial charge < -0.3 is 9.84 Å². The van der Waals surface area contributed by atoms with Crippen molar-refractivity contribution in [1.82, 2.24) is 10.5 Å². The van der Waals surface area contributed by atoms with Crippen LogP contribution in [0.3, 0.4) is 0 Å². The van der Waals surface area contributed by atoms with Crippen LogP contribution in [0.1, 0.15) is 95.0 Å². The molecular weight excluding hydrogens is 288 g/mol. The minimum atomic E-state index is -0.111. The lowest BCUT2D eigenvalue weighted by atomic mass is 9.72. The zero-order valence-electron chi connectivity index (χ0n) is 15.8. The maximum absolute atomic E-state index is 12.6.